The fourth-order valence-corrected chi connectivity index (χ4v) is 5.53. The molecule has 1 aliphatic rings. The zero-order chi connectivity index (χ0) is 23.2. The summed E-state index contributed by atoms with van der Waals surface area (Å²) in [5, 5.41) is 6.40. The third-order valence-electron chi connectivity index (χ3n) is 5.33. The topological polar surface area (TPSA) is 91.6 Å². The zero-order valence-corrected chi connectivity index (χ0v) is 21.1. The number of carbonyl (C=O) groups excluding carboxylic acids is 1. The average molecular weight is 514 g/mol. The number of likely N-dealkylation sites (tertiary alicyclic amines) is 1. The van der Waals surface area contributed by atoms with Crippen molar-refractivity contribution in [2.45, 2.75) is 44.1 Å². The third-order valence-corrected chi connectivity index (χ3v) is 7.57. The molecule has 0 saturated carbocycles. The average Bonchev–Trinajstić information content (AvgIpc) is 3.25. The van der Waals surface area contributed by atoms with E-state index < -0.39 is 0 Å². The molecule has 0 spiro atoms. The van der Waals surface area contributed by atoms with E-state index in [4.69, 9.17) is 14.2 Å². The monoisotopic (exact) mass is 514 g/mol. The Kier molecular flexibility index (Phi) is 7.83. The minimum atomic E-state index is -0.263. The van der Waals surface area contributed by atoms with E-state index in [1.54, 1.807) is 18.2 Å². The van der Waals surface area contributed by atoms with Crippen molar-refractivity contribution in [1.29, 1.82) is 0 Å². The number of fused-ring (bicyclic) bond motifs is 1. The normalized spacial score (nSPS) is 15.1. The van der Waals surface area contributed by atoms with Crippen LogP contribution in [-0.2, 0) is 9.47 Å². The van der Waals surface area contributed by atoms with E-state index in [-0.39, 0.29) is 34.1 Å². The van der Waals surface area contributed by atoms with Gasteiger partial charge in [-0.05, 0) is 13.8 Å². The zero-order valence-electron chi connectivity index (χ0n) is 19.2. The first-order valence-electron chi connectivity index (χ1n) is 11.1. The number of hydrogen-bond donors (Lipinski definition) is 0. The molecule has 1 amide bonds. The predicted molar refractivity (Wildman–Crippen MR) is 126 cm³/mol. The molecular formula is C23H29AsN5O4. The fourth-order valence-electron chi connectivity index (χ4n) is 3.66. The molecule has 0 N–H and O–H groups in total. The fraction of sp³-hybridized carbons (Fsp3) is 0.478. The minimum absolute atomic E-state index is 0.0238. The van der Waals surface area contributed by atoms with E-state index in [2.05, 4.69) is 39.3 Å². The first-order chi connectivity index (χ1) is 16.0. The summed E-state index contributed by atoms with van der Waals surface area (Å²) < 4.78 is 19.8. The number of hydrogen-bond acceptors (Lipinski definition) is 7. The molecule has 1 fully saturated rings. The van der Waals surface area contributed by atoms with Crippen LogP contribution in [0.25, 0.3) is 16.7 Å². The van der Waals surface area contributed by atoms with Crippen LogP contribution in [0.2, 0.25) is 5.21 Å². The molecule has 10 heteroatoms. The summed E-state index contributed by atoms with van der Waals surface area (Å²) in [5.74, 6) is 0.524. The molecule has 33 heavy (non-hydrogen) atoms. The standard InChI is InChI=1S/C23H29AsN5O4/c1-16(2)32-23(30)28-11-8-19(9-12-28)33-22-20-14-27-29(21(20)25-15-26-22)18-6-4-17(5-7-18)24-10-13-31-3/h4-7,14-16,19H,8-13H2,1-3H3. The van der Waals surface area contributed by atoms with Gasteiger partial charge in [-0.1, -0.05) is 0 Å². The summed E-state index contributed by atoms with van der Waals surface area (Å²) >= 11 is 0.104. The predicted octanol–water partition coefficient (Wildman–Crippen LogP) is 2.60. The van der Waals surface area contributed by atoms with Gasteiger partial charge in [-0.2, -0.15) is 0 Å². The summed E-state index contributed by atoms with van der Waals surface area (Å²) in [5.41, 5.74) is 1.65. The van der Waals surface area contributed by atoms with Gasteiger partial charge in [0.1, 0.15) is 0 Å². The van der Waals surface area contributed by atoms with E-state index >= 15 is 0 Å². The van der Waals surface area contributed by atoms with E-state index in [1.165, 1.54) is 10.7 Å². The van der Waals surface area contributed by atoms with E-state index in [0.717, 1.165) is 35.7 Å². The quantitative estimate of drug-likeness (QED) is 0.337. The molecule has 1 radical (unpaired) electrons. The van der Waals surface area contributed by atoms with Gasteiger partial charge in [0, 0.05) is 0 Å². The van der Waals surface area contributed by atoms with Gasteiger partial charge in [-0.25, -0.2) is 4.79 Å². The summed E-state index contributed by atoms with van der Waals surface area (Å²) in [7, 11) is 1.74. The van der Waals surface area contributed by atoms with Crippen molar-refractivity contribution in [3.8, 4) is 11.6 Å². The molecule has 3 aromatic rings. The van der Waals surface area contributed by atoms with Crippen LogP contribution < -0.4 is 9.09 Å². The molecule has 175 valence electrons. The van der Waals surface area contributed by atoms with Crippen molar-refractivity contribution in [3.05, 3.63) is 36.8 Å². The van der Waals surface area contributed by atoms with Crippen molar-refractivity contribution in [2.24, 2.45) is 0 Å². The molecule has 1 aliphatic heterocycles. The van der Waals surface area contributed by atoms with Crippen LogP contribution in [0, 0.1) is 0 Å². The molecule has 2 aromatic heterocycles. The van der Waals surface area contributed by atoms with Crippen LogP contribution in [0.15, 0.2) is 36.8 Å². The maximum absolute atomic E-state index is 12.1. The third kappa shape index (κ3) is 5.84. The van der Waals surface area contributed by atoms with Crippen LogP contribution in [0.4, 0.5) is 4.79 Å². The van der Waals surface area contributed by atoms with Gasteiger partial charge in [-0.15, -0.1) is 0 Å². The molecule has 0 bridgehead atoms. The molecule has 0 atom stereocenters. The van der Waals surface area contributed by atoms with Crippen LogP contribution in [0.1, 0.15) is 26.7 Å². The van der Waals surface area contributed by atoms with Gasteiger partial charge in [-0.3, -0.25) is 0 Å². The molecule has 9 nitrogen and oxygen atoms in total. The Morgan fingerprint density at radius 3 is 2.64 bits per heavy atom. The van der Waals surface area contributed by atoms with Crippen LogP contribution >= 0.6 is 0 Å². The summed E-state index contributed by atoms with van der Waals surface area (Å²) in [6.07, 6.45) is 4.29. The Hall–Kier alpha value is -2.64. The second kappa shape index (κ2) is 11.0. The van der Waals surface area contributed by atoms with Crippen molar-refractivity contribution >= 4 is 37.2 Å². The van der Waals surface area contributed by atoms with E-state index in [9.17, 15) is 4.79 Å². The maximum atomic E-state index is 12.1. The molecule has 4 rings (SSSR count). The molecule has 0 unspecified atom stereocenters. The second-order valence-electron chi connectivity index (χ2n) is 8.10. The number of benzene rings is 1. The van der Waals surface area contributed by atoms with Gasteiger partial charge in [0.25, 0.3) is 0 Å². The van der Waals surface area contributed by atoms with Gasteiger partial charge >= 0.3 is 166 Å². The Balaban J connectivity index is 1.42. The number of aromatic nitrogens is 4. The van der Waals surface area contributed by atoms with Crippen LogP contribution in [-0.4, -0.2) is 85.5 Å². The SMILES string of the molecule is COCC[As]c1ccc(-n2ncc3c(OC4CCN(C(=O)OC(C)C)CC4)ncnc32)cc1. The Morgan fingerprint density at radius 1 is 1.18 bits per heavy atom. The number of methoxy groups -OCH3 is 1. The van der Waals surface area contributed by atoms with Gasteiger partial charge in [0.15, 0.2) is 0 Å². The molecular weight excluding hydrogens is 485 g/mol. The number of nitrogens with zero attached hydrogens (tertiary/aromatic N) is 5. The van der Waals surface area contributed by atoms with Gasteiger partial charge < -0.3 is 9.64 Å². The van der Waals surface area contributed by atoms with Gasteiger partial charge in [0.2, 0.25) is 0 Å². The second-order valence-corrected chi connectivity index (χ2v) is 10.8. The Morgan fingerprint density at radius 2 is 1.94 bits per heavy atom. The number of rotatable bonds is 8. The van der Waals surface area contributed by atoms with Crippen molar-refractivity contribution in [2.75, 3.05) is 26.8 Å². The van der Waals surface area contributed by atoms with Crippen molar-refractivity contribution < 1.29 is 19.0 Å². The summed E-state index contributed by atoms with van der Waals surface area (Å²) in [6.45, 7) is 5.71. The summed E-state index contributed by atoms with van der Waals surface area (Å²) in [4.78, 5) is 22.6. The number of ether oxygens (including phenoxy) is 3. The van der Waals surface area contributed by atoms with Crippen LogP contribution in [0.3, 0.4) is 0 Å². The van der Waals surface area contributed by atoms with Gasteiger partial charge in [0.05, 0.1) is 6.10 Å². The molecule has 1 aromatic carbocycles. The van der Waals surface area contributed by atoms with Crippen molar-refractivity contribution in [3.63, 3.8) is 0 Å². The first-order valence-corrected chi connectivity index (χ1v) is 13.4. The number of carbonyl (C=O) groups is 1. The van der Waals surface area contributed by atoms with Crippen LogP contribution in [0.5, 0.6) is 5.88 Å². The first kappa shape index (κ1) is 23.5. The number of amides is 1. The Labute approximate surface area is 200 Å². The molecule has 1 saturated heterocycles. The van der Waals surface area contributed by atoms with E-state index in [0.29, 0.717) is 24.6 Å². The molecule has 0 aliphatic carbocycles. The number of piperidine rings is 1. The molecule has 3 heterocycles. The van der Waals surface area contributed by atoms with Crippen molar-refractivity contribution in [1.82, 2.24) is 24.6 Å². The van der Waals surface area contributed by atoms with E-state index in [1.807, 2.05) is 18.5 Å². The summed E-state index contributed by atoms with van der Waals surface area (Å²) in [6, 6.07) is 8.43. The Bertz CT molecular complexity index is 1060.